The fourth-order valence-electron chi connectivity index (χ4n) is 3.42. The van der Waals surface area contributed by atoms with E-state index in [0.717, 1.165) is 19.4 Å². The molecule has 0 aromatic carbocycles. The molecular weight excluding hydrogens is 198 g/mol. The van der Waals surface area contributed by atoms with Gasteiger partial charge in [-0.15, -0.1) is 0 Å². The Hall–Kier alpha value is -0.0800. The van der Waals surface area contributed by atoms with Gasteiger partial charge in [0.1, 0.15) is 0 Å². The Balaban J connectivity index is 2.03. The van der Waals surface area contributed by atoms with Crippen molar-refractivity contribution >= 4 is 0 Å². The normalized spacial score (nSPS) is 33.6. The van der Waals surface area contributed by atoms with Crippen molar-refractivity contribution in [3.05, 3.63) is 0 Å². The molecule has 1 saturated heterocycles. The number of hydrogen-bond acceptors (Lipinski definition) is 2. The van der Waals surface area contributed by atoms with Crippen molar-refractivity contribution in [1.29, 1.82) is 0 Å². The van der Waals surface area contributed by atoms with E-state index in [0.29, 0.717) is 5.92 Å². The molecule has 16 heavy (non-hydrogen) atoms. The zero-order chi connectivity index (χ0) is 11.6. The largest absolute Gasteiger partial charge is 0.375 e. The maximum atomic E-state index is 6.43. The van der Waals surface area contributed by atoms with Gasteiger partial charge in [-0.05, 0) is 44.9 Å². The summed E-state index contributed by atoms with van der Waals surface area (Å²) in [6, 6.07) is 0. The van der Waals surface area contributed by atoms with Crippen molar-refractivity contribution in [3.8, 4) is 0 Å². The zero-order valence-corrected chi connectivity index (χ0v) is 10.9. The lowest BCUT2D eigenvalue weighted by atomic mass is 9.69. The van der Waals surface area contributed by atoms with Crippen LogP contribution < -0.4 is 5.73 Å². The third kappa shape index (κ3) is 2.43. The second-order valence-corrected chi connectivity index (χ2v) is 6.14. The second-order valence-electron chi connectivity index (χ2n) is 6.14. The molecule has 1 aliphatic carbocycles. The first-order chi connectivity index (χ1) is 7.58. The highest BCUT2D eigenvalue weighted by Crippen LogP contribution is 2.43. The van der Waals surface area contributed by atoms with E-state index in [2.05, 4.69) is 13.8 Å². The summed E-state index contributed by atoms with van der Waals surface area (Å²) in [6.45, 7) is 5.36. The molecule has 94 valence electrons. The second kappa shape index (κ2) is 4.66. The highest BCUT2D eigenvalue weighted by molar-refractivity contribution is 4.96. The van der Waals surface area contributed by atoms with Gasteiger partial charge in [0.05, 0.1) is 5.60 Å². The van der Waals surface area contributed by atoms with E-state index < -0.39 is 0 Å². The first-order valence-electron chi connectivity index (χ1n) is 7.01. The zero-order valence-electron chi connectivity index (χ0n) is 10.9. The van der Waals surface area contributed by atoms with Gasteiger partial charge in [-0.2, -0.15) is 0 Å². The molecule has 1 saturated carbocycles. The lowest BCUT2D eigenvalue weighted by Crippen LogP contribution is -2.52. The number of nitrogens with two attached hydrogens (primary N) is 1. The molecule has 0 aromatic rings. The summed E-state index contributed by atoms with van der Waals surface area (Å²) in [5, 5.41) is 0. The van der Waals surface area contributed by atoms with Gasteiger partial charge >= 0.3 is 0 Å². The van der Waals surface area contributed by atoms with Crippen LogP contribution in [0.3, 0.4) is 0 Å². The average Bonchev–Trinajstić information content (AvgIpc) is 2.30. The van der Waals surface area contributed by atoms with Gasteiger partial charge in [-0.1, -0.05) is 26.2 Å². The lowest BCUT2D eigenvalue weighted by Gasteiger charge is -2.47. The van der Waals surface area contributed by atoms with Gasteiger partial charge in [-0.3, -0.25) is 0 Å². The molecule has 2 unspecified atom stereocenters. The van der Waals surface area contributed by atoms with Crippen molar-refractivity contribution in [3.63, 3.8) is 0 Å². The van der Waals surface area contributed by atoms with Crippen molar-refractivity contribution in [1.82, 2.24) is 0 Å². The molecule has 2 atom stereocenters. The predicted octanol–water partition coefficient (Wildman–Crippen LogP) is 3.24. The molecule has 2 aliphatic rings. The molecule has 0 radical (unpaired) electrons. The van der Waals surface area contributed by atoms with E-state index >= 15 is 0 Å². The number of rotatable bonds is 2. The van der Waals surface area contributed by atoms with Crippen LogP contribution in [0, 0.1) is 5.92 Å². The van der Waals surface area contributed by atoms with Crippen LogP contribution in [0.2, 0.25) is 0 Å². The molecule has 2 fully saturated rings. The lowest BCUT2D eigenvalue weighted by molar-refractivity contribution is -0.126. The van der Waals surface area contributed by atoms with Gasteiger partial charge in [-0.25, -0.2) is 0 Å². The maximum absolute atomic E-state index is 6.43. The number of ether oxygens (including phenoxy) is 1. The summed E-state index contributed by atoms with van der Waals surface area (Å²) in [6.07, 6.45) is 10.1. The summed E-state index contributed by atoms with van der Waals surface area (Å²) in [5.74, 6) is 0.657. The standard InChI is InChI=1S/C14H27NO/c1-3-13(2,15)12-7-10-16-14(11-12)8-5-4-6-9-14/h12H,3-11,15H2,1-2H3. The summed E-state index contributed by atoms with van der Waals surface area (Å²) >= 11 is 0. The highest BCUT2D eigenvalue weighted by Gasteiger charge is 2.42. The first kappa shape index (κ1) is 12.4. The van der Waals surface area contributed by atoms with E-state index in [4.69, 9.17) is 10.5 Å². The summed E-state index contributed by atoms with van der Waals surface area (Å²) in [5.41, 5.74) is 6.64. The van der Waals surface area contributed by atoms with Crippen LogP contribution in [0.4, 0.5) is 0 Å². The summed E-state index contributed by atoms with van der Waals surface area (Å²) in [7, 11) is 0. The van der Waals surface area contributed by atoms with Crippen LogP contribution >= 0.6 is 0 Å². The molecule has 0 amide bonds. The van der Waals surface area contributed by atoms with Gasteiger partial charge in [0.2, 0.25) is 0 Å². The molecule has 2 heteroatoms. The highest BCUT2D eigenvalue weighted by atomic mass is 16.5. The SMILES string of the molecule is CCC(C)(N)C1CCOC2(CCCCC2)C1. The Morgan fingerprint density at radius 2 is 2.00 bits per heavy atom. The minimum absolute atomic E-state index is 0.00816. The van der Waals surface area contributed by atoms with Gasteiger partial charge in [0.25, 0.3) is 0 Å². The van der Waals surface area contributed by atoms with Crippen LogP contribution in [-0.4, -0.2) is 17.7 Å². The van der Waals surface area contributed by atoms with Crippen LogP contribution in [0.5, 0.6) is 0 Å². The summed E-state index contributed by atoms with van der Waals surface area (Å²) in [4.78, 5) is 0. The van der Waals surface area contributed by atoms with Crippen molar-refractivity contribution in [2.24, 2.45) is 11.7 Å². The molecule has 2 nitrogen and oxygen atoms in total. The Bertz CT molecular complexity index is 225. The van der Waals surface area contributed by atoms with E-state index in [1.807, 2.05) is 0 Å². The fraction of sp³-hybridized carbons (Fsp3) is 1.00. The topological polar surface area (TPSA) is 35.2 Å². The molecule has 2 rings (SSSR count). The van der Waals surface area contributed by atoms with E-state index in [9.17, 15) is 0 Å². The average molecular weight is 225 g/mol. The van der Waals surface area contributed by atoms with Gasteiger partial charge in [0, 0.05) is 12.1 Å². The third-order valence-electron chi connectivity index (χ3n) is 4.95. The Morgan fingerprint density at radius 3 is 2.62 bits per heavy atom. The van der Waals surface area contributed by atoms with Crippen LogP contribution in [0.25, 0.3) is 0 Å². The molecule has 0 bridgehead atoms. The molecule has 1 spiro atoms. The third-order valence-corrected chi connectivity index (χ3v) is 4.95. The maximum Gasteiger partial charge on any atom is 0.0685 e. The fourth-order valence-corrected chi connectivity index (χ4v) is 3.42. The van der Waals surface area contributed by atoms with Crippen LogP contribution in [0.1, 0.15) is 65.2 Å². The Morgan fingerprint density at radius 1 is 1.31 bits per heavy atom. The molecular formula is C14H27NO. The van der Waals surface area contributed by atoms with Gasteiger partial charge in [0.15, 0.2) is 0 Å². The Kier molecular flexibility index (Phi) is 3.60. The van der Waals surface area contributed by atoms with E-state index in [-0.39, 0.29) is 11.1 Å². The quantitative estimate of drug-likeness (QED) is 0.783. The molecule has 1 aliphatic heterocycles. The van der Waals surface area contributed by atoms with Crippen LogP contribution in [0.15, 0.2) is 0 Å². The number of hydrogen-bond donors (Lipinski definition) is 1. The Labute approximate surface area is 99.9 Å². The van der Waals surface area contributed by atoms with E-state index in [1.165, 1.54) is 38.5 Å². The van der Waals surface area contributed by atoms with Crippen molar-refractivity contribution in [2.45, 2.75) is 76.4 Å². The van der Waals surface area contributed by atoms with Crippen molar-refractivity contribution < 1.29 is 4.74 Å². The first-order valence-corrected chi connectivity index (χ1v) is 7.01. The van der Waals surface area contributed by atoms with Crippen molar-refractivity contribution in [2.75, 3.05) is 6.61 Å². The minimum Gasteiger partial charge on any atom is -0.375 e. The van der Waals surface area contributed by atoms with Crippen LogP contribution in [-0.2, 0) is 4.74 Å². The monoisotopic (exact) mass is 225 g/mol. The molecule has 1 heterocycles. The molecule has 0 aromatic heterocycles. The van der Waals surface area contributed by atoms with E-state index in [1.54, 1.807) is 0 Å². The predicted molar refractivity (Wildman–Crippen MR) is 67.4 cm³/mol. The van der Waals surface area contributed by atoms with Gasteiger partial charge < -0.3 is 10.5 Å². The molecule has 2 N–H and O–H groups in total. The smallest absolute Gasteiger partial charge is 0.0685 e. The summed E-state index contributed by atoms with van der Waals surface area (Å²) < 4.78 is 6.12. The minimum atomic E-state index is 0.00816.